The lowest BCUT2D eigenvalue weighted by molar-refractivity contribution is 0.202. The average molecular weight is 346 g/mol. The zero-order chi connectivity index (χ0) is 17.5. The van der Waals surface area contributed by atoms with Crippen LogP contribution in [0.1, 0.15) is 32.1 Å². The van der Waals surface area contributed by atoms with Crippen LogP contribution in [0.3, 0.4) is 0 Å². The van der Waals surface area contributed by atoms with Gasteiger partial charge in [0.25, 0.3) is 0 Å². The van der Waals surface area contributed by atoms with Crippen LogP contribution in [0.15, 0.2) is 60.7 Å². The Kier molecular flexibility index (Phi) is 3.96. The first-order chi connectivity index (χ1) is 12.8. The van der Waals surface area contributed by atoms with Crippen LogP contribution in [0.5, 0.6) is 0 Å². The maximum absolute atomic E-state index is 13.3. The van der Waals surface area contributed by atoms with E-state index in [0.29, 0.717) is 12.0 Å². The summed E-state index contributed by atoms with van der Waals surface area (Å²) in [6, 6.07) is 20.3. The number of hydrogen-bond acceptors (Lipinski definition) is 1. The second-order valence-electron chi connectivity index (χ2n) is 8.22. The molecule has 0 aliphatic heterocycles. The first kappa shape index (κ1) is 15.9. The Bertz CT molecular complexity index is 736. The first-order valence-corrected chi connectivity index (χ1v) is 10.0. The zero-order valence-electron chi connectivity index (χ0n) is 15.1. The van der Waals surface area contributed by atoms with Gasteiger partial charge in [-0.2, -0.15) is 0 Å². The Hall–Kier alpha value is -2.29. The van der Waals surface area contributed by atoms with Gasteiger partial charge in [-0.3, -0.25) is 4.90 Å². The molecule has 2 bridgehead atoms. The molecule has 0 aromatic heterocycles. The number of carbonyl (C=O) groups is 1. The number of benzene rings is 2. The monoisotopic (exact) mass is 346 g/mol. The molecule has 2 amide bonds. The first-order valence-electron chi connectivity index (χ1n) is 10.0. The third kappa shape index (κ3) is 2.61. The van der Waals surface area contributed by atoms with Crippen molar-refractivity contribution in [2.24, 2.45) is 23.7 Å². The highest BCUT2D eigenvalue weighted by Gasteiger charge is 2.54. The van der Waals surface area contributed by atoms with Crippen LogP contribution in [0.2, 0.25) is 0 Å². The Balaban J connectivity index is 1.38. The highest BCUT2D eigenvalue weighted by atomic mass is 16.2. The molecule has 134 valence electrons. The molecule has 3 aliphatic rings. The molecule has 3 nitrogen and oxygen atoms in total. The van der Waals surface area contributed by atoms with E-state index in [4.69, 9.17) is 0 Å². The molecule has 26 heavy (non-hydrogen) atoms. The van der Waals surface area contributed by atoms with Gasteiger partial charge in [-0.25, -0.2) is 4.79 Å². The summed E-state index contributed by atoms with van der Waals surface area (Å²) in [6.45, 7) is 0. The summed E-state index contributed by atoms with van der Waals surface area (Å²) in [5, 5.41) is 3.41. The third-order valence-electron chi connectivity index (χ3n) is 6.97. The van der Waals surface area contributed by atoms with Crippen molar-refractivity contribution in [3.05, 3.63) is 60.7 Å². The Morgan fingerprint density at radius 2 is 1.42 bits per heavy atom. The molecule has 2 aromatic rings. The van der Waals surface area contributed by atoms with Crippen molar-refractivity contribution in [3.8, 4) is 0 Å². The largest absolute Gasteiger partial charge is 0.334 e. The number of carbonyl (C=O) groups excluding carboxylic acids is 1. The number of urea groups is 1. The lowest BCUT2D eigenvalue weighted by Gasteiger charge is -2.34. The summed E-state index contributed by atoms with van der Waals surface area (Å²) in [7, 11) is 0. The average Bonchev–Trinajstić information content (AvgIpc) is 3.37. The summed E-state index contributed by atoms with van der Waals surface area (Å²) in [5.41, 5.74) is 1.83. The lowest BCUT2D eigenvalue weighted by atomic mass is 9.79. The van der Waals surface area contributed by atoms with E-state index in [1.807, 2.05) is 65.6 Å². The van der Waals surface area contributed by atoms with Crippen LogP contribution >= 0.6 is 0 Å². The van der Waals surface area contributed by atoms with Crippen LogP contribution in [0.25, 0.3) is 0 Å². The van der Waals surface area contributed by atoms with Gasteiger partial charge in [0, 0.05) is 6.04 Å². The normalized spacial score (nSPS) is 31.6. The molecule has 2 aromatic carbocycles. The van der Waals surface area contributed by atoms with Crippen LogP contribution in [-0.2, 0) is 0 Å². The van der Waals surface area contributed by atoms with Gasteiger partial charge in [-0.1, -0.05) is 42.8 Å². The number of amides is 2. The van der Waals surface area contributed by atoms with Crippen molar-refractivity contribution in [2.45, 2.75) is 38.1 Å². The summed E-state index contributed by atoms with van der Waals surface area (Å²) < 4.78 is 0. The summed E-state index contributed by atoms with van der Waals surface area (Å²) in [6.07, 6.45) is 6.70. The van der Waals surface area contributed by atoms with Crippen molar-refractivity contribution >= 4 is 17.4 Å². The molecule has 0 saturated heterocycles. The van der Waals surface area contributed by atoms with E-state index >= 15 is 0 Å². The molecule has 0 spiro atoms. The third-order valence-corrected chi connectivity index (χ3v) is 6.97. The molecule has 2 unspecified atom stereocenters. The van der Waals surface area contributed by atoms with Crippen molar-refractivity contribution in [3.63, 3.8) is 0 Å². The highest BCUT2D eigenvalue weighted by Crippen LogP contribution is 2.58. The fourth-order valence-electron chi connectivity index (χ4n) is 5.99. The van der Waals surface area contributed by atoms with Crippen LogP contribution < -0.4 is 10.2 Å². The molecule has 1 N–H and O–H groups in total. The Morgan fingerprint density at radius 3 is 2.08 bits per heavy atom. The van der Waals surface area contributed by atoms with E-state index in [1.54, 1.807) is 0 Å². The van der Waals surface area contributed by atoms with E-state index in [0.717, 1.165) is 29.1 Å². The molecule has 3 heteroatoms. The predicted molar refractivity (Wildman–Crippen MR) is 104 cm³/mol. The number of para-hydroxylation sites is 2. The summed E-state index contributed by atoms with van der Waals surface area (Å²) in [4.78, 5) is 15.1. The summed E-state index contributed by atoms with van der Waals surface area (Å²) >= 11 is 0. The minimum Gasteiger partial charge on any atom is -0.334 e. The quantitative estimate of drug-likeness (QED) is 0.797. The van der Waals surface area contributed by atoms with Crippen molar-refractivity contribution in [1.29, 1.82) is 0 Å². The molecule has 0 heterocycles. The van der Waals surface area contributed by atoms with Gasteiger partial charge in [-0.05, 0) is 73.6 Å². The minimum absolute atomic E-state index is 0.00879. The van der Waals surface area contributed by atoms with Gasteiger partial charge in [0.2, 0.25) is 0 Å². The molecule has 3 saturated carbocycles. The Labute approximate surface area is 155 Å². The van der Waals surface area contributed by atoms with E-state index in [9.17, 15) is 4.79 Å². The number of rotatable bonds is 3. The standard InChI is InChI=1S/C23H26N2O/c26-23(24-22-15-16-14-21(22)20-13-7-12-19(16)20)25(17-8-3-1-4-9-17)18-10-5-2-6-11-18/h1-6,8-11,16,19-22H,7,12-15H2,(H,24,26)/t16-,19?,20?,21-,22-/m1/s1. The maximum atomic E-state index is 13.3. The molecular formula is C23H26N2O. The number of anilines is 2. The molecule has 3 fully saturated rings. The summed E-state index contributed by atoms with van der Waals surface area (Å²) in [5.74, 6) is 3.36. The maximum Gasteiger partial charge on any atom is 0.326 e. The van der Waals surface area contributed by atoms with Gasteiger partial charge in [0.1, 0.15) is 0 Å². The lowest BCUT2D eigenvalue weighted by Crippen LogP contribution is -2.47. The molecule has 5 rings (SSSR count). The number of hydrogen-bond donors (Lipinski definition) is 1. The van der Waals surface area contributed by atoms with Crippen molar-refractivity contribution < 1.29 is 4.79 Å². The Morgan fingerprint density at radius 1 is 0.808 bits per heavy atom. The SMILES string of the molecule is O=C(N[C@@H]1C[C@H]2C[C@@H]1C1CCCC12)N(c1ccccc1)c1ccccc1. The molecule has 5 atom stereocenters. The number of nitrogens with zero attached hydrogens (tertiary/aromatic N) is 1. The van der Waals surface area contributed by atoms with Gasteiger partial charge in [0.15, 0.2) is 0 Å². The fourth-order valence-corrected chi connectivity index (χ4v) is 5.99. The second kappa shape index (κ2) is 6.46. The van der Waals surface area contributed by atoms with E-state index < -0.39 is 0 Å². The highest BCUT2D eigenvalue weighted by molar-refractivity contribution is 5.99. The van der Waals surface area contributed by atoms with Gasteiger partial charge >= 0.3 is 6.03 Å². The molecule has 3 aliphatic carbocycles. The van der Waals surface area contributed by atoms with E-state index in [2.05, 4.69) is 5.32 Å². The topological polar surface area (TPSA) is 32.3 Å². The fraction of sp³-hybridized carbons (Fsp3) is 0.435. The molecular weight excluding hydrogens is 320 g/mol. The number of fused-ring (bicyclic) bond motifs is 5. The van der Waals surface area contributed by atoms with Crippen molar-refractivity contribution in [2.75, 3.05) is 4.90 Å². The van der Waals surface area contributed by atoms with Crippen LogP contribution in [0.4, 0.5) is 16.2 Å². The smallest absolute Gasteiger partial charge is 0.326 e. The van der Waals surface area contributed by atoms with Gasteiger partial charge < -0.3 is 5.32 Å². The number of nitrogens with one attached hydrogen (secondary N) is 1. The van der Waals surface area contributed by atoms with Crippen molar-refractivity contribution in [1.82, 2.24) is 5.32 Å². The van der Waals surface area contributed by atoms with Crippen LogP contribution in [-0.4, -0.2) is 12.1 Å². The zero-order valence-corrected chi connectivity index (χ0v) is 15.1. The predicted octanol–water partition coefficient (Wildman–Crippen LogP) is 5.36. The van der Waals surface area contributed by atoms with Gasteiger partial charge in [-0.15, -0.1) is 0 Å². The van der Waals surface area contributed by atoms with Gasteiger partial charge in [0.05, 0.1) is 11.4 Å². The van der Waals surface area contributed by atoms with Crippen LogP contribution in [0, 0.1) is 23.7 Å². The second-order valence-corrected chi connectivity index (χ2v) is 8.22. The van der Waals surface area contributed by atoms with E-state index in [1.165, 1.54) is 32.1 Å². The minimum atomic E-state index is 0.00879. The molecule has 0 radical (unpaired) electrons. The van der Waals surface area contributed by atoms with E-state index in [-0.39, 0.29) is 6.03 Å².